The largest absolute Gasteiger partial charge is 0.496 e. The van der Waals surface area contributed by atoms with E-state index in [1.165, 1.54) is 5.56 Å². The molecule has 1 aromatic carbocycles. The average Bonchev–Trinajstić information content (AvgIpc) is 2.37. The van der Waals surface area contributed by atoms with Gasteiger partial charge in [0.25, 0.3) is 0 Å². The molecule has 0 spiro atoms. The summed E-state index contributed by atoms with van der Waals surface area (Å²) in [4.78, 5) is 8.68. The minimum atomic E-state index is 0.508. The molecule has 0 unspecified atom stereocenters. The third-order valence-electron chi connectivity index (χ3n) is 3.02. The van der Waals surface area contributed by atoms with E-state index in [4.69, 9.17) is 10.5 Å². The zero-order valence-electron chi connectivity index (χ0n) is 11.6. The van der Waals surface area contributed by atoms with Crippen molar-refractivity contribution in [1.82, 2.24) is 9.97 Å². The molecule has 0 bridgehead atoms. The summed E-state index contributed by atoms with van der Waals surface area (Å²) in [6, 6.07) is 7.98. The van der Waals surface area contributed by atoms with E-state index < -0.39 is 0 Å². The van der Waals surface area contributed by atoms with Crippen molar-refractivity contribution in [2.75, 3.05) is 12.8 Å². The second-order valence-electron chi connectivity index (χ2n) is 4.53. The van der Waals surface area contributed by atoms with E-state index in [9.17, 15) is 0 Å². The maximum absolute atomic E-state index is 5.76. The van der Waals surface area contributed by atoms with Crippen LogP contribution in [0.15, 0.2) is 24.3 Å². The van der Waals surface area contributed by atoms with Gasteiger partial charge in [-0.05, 0) is 25.0 Å². The van der Waals surface area contributed by atoms with Crippen LogP contribution in [0.3, 0.4) is 0 Å². The lowest BCUT2D eigenvalue weighted by Crippen LogP contribution is -2.03. The Kier molecular flexibility index (Phi) is 4.00. The Morgan fingerprint density at radius 2 is 2.00 bits per heavy atom. The monoisotopic (exact) mass is 257 g/mol. The fraction of sp³-hybridized carbons (Fsp3) is 0.333. The fourth-order valence-corrected chi connectivity index (χ4v) is 2.10. The number of hydrogen-bond donors (Lipinski definition) is 1. The topological polar surface area (TPSA) is 61.0 Å². The van der Waals surface area contributed by atoms with Crippen LogP contribution in [0.2, 0.25) is 0 Å². The molecule has 4 heteroatoms. The normalized spacial score (nSPS) is 10.5. The Morgan fingerprint density at radius 1 is 1.21 bits per heavy atom. The molecule has 2 aromatic rings. The molecule has 0 saturated heterocycles. The number of aryl methyl sites for hydroxylation is 2. The van der Waals surface area contributed by atoms with Crippen molar-refractivity contribution in [3.63, 3.8) is 0 Å². The third kappa shape index (κ3) is 3.22. The summed E-state index contributed by atoms with van der Waals surface area (Å²) in [6.45, 7) is 4.05. The summed E-state index contributed by atoms with van der Waals surface area (Å²) in [7, 11) is 1.68. The molecule has 1 aromatic heterocycles. The molecular formula is C15H19N3O. The zero-order valence-corrected chi connectivity index (χ0v) is 11.6. The highest BCUT2D eigenvalue weighted by Crippen LogP contribution is 2.22. The van der Waals surface area contributed by atoms with Gasteiger partial charge < -0.3 is 10.5 Å². The van der Waals surface area contributed by atoms with Crippen LogP contribution in [0.5, 0.6) is 5.75 Å². The number of nitrogens with zero attached hydrogens (tertiary/aromatic N) is 2. The van der Waals surface area contributed by atoms with Crippen LogP contribution in [0.25, 0.3) is 0 Å². The van der Waals surface area contributed by atoms with Crippen molar-refractivity contribution >= 4 is 5.82 Å². The molecule has 0 saturated carbocycles. The van der Waals surface area contributed by atoms with E-state index in [0.29, 0.717) is 12.2 Å². The Bertz CT molecular complexity index is 561. The van der Waals surface area contributed by atoms with E-state index in [-0.39, 0.29) is 0 Å². The first-order valence-corrected chi connectivity index (χ1v) is 6.38. The van der Waals surface area contributed by atoms with E-state index in [1.807, 2.05) is 13.0 Å². The van der Waals surface area contributed by atoms with Crippen LogP contribution < -0.4 is 10.5 Å². The average molecular weight is 257 g/mol. The second-order valence-corrected chi connectivity index (χ2v) is 4.53. The molecule has 0 radical (unpaired) electrons. The number of hydrogen-bond acceptors (Lipinski definition) is 4. The van der Waals surface area contributed by atoms with Crippen LogP contribution in [0.4, 0.5) is 5.82 Å². The van der Waals surface area contributed by atoms with Crippen molar-refractivity contribution in [3.8, 4) is 5.75 Å². The fourth-order valence-electron chi connectivity index (χ4n) is 2.10. The van der Waals surface area contributed by atoms with Crippen LogP contribution in [0, 0.1) is 6.92 Å². The molecule has 100 valence electrons. The number of anilines is 1. The highest BCUT2D eigenvalue weighted by atomic mass is 16.5. The number of rotatable bonds is 4. The lowest BCUT2D eigenvalue weighted by atomic mass is 10.0. The molecule has 0 fully saturated rings. The number of nitrogens with two attached hydrogens (primary N) is 1. The number of benzene rings is 1. The predicted octanol–water partition coefficient (Wildman–Crippen LogP) is 2.53. The lowest BCUT2D eigenvalue weighted by Gasteiger charge is -2.10. The number of ether oxygens (including phenoxy) is 1. The van der Waals surface area contributed by atoms with Gasteiger partial charge in [0.1, 0.15) is 17.4 Å². The smallest absolute Gasteiger partial charge is 0.135 e. The predicted molar refractivity (Wildman–Crippen MR) is 76.4 cm³/mol. The highest BCUT2D eigenvalue weighted by molar-refractivity contribution is 5.40. The summed E-state index contributed by atoms with van der Waals surface area (Å²) in [6.07, 6.45) is 1.62. The van der Waals surface area contributed by atoms with Gasteiger partial charge >= 0.3 is 0 Å². The Morgan fingerprint density at radius 3 is 2.63 bits per heavy atom. The summed E-state index contributed by atoms with van der Waals surface area (Å²) >= 11 is 0. The first-order chi connectivity index (χ1) is 9.12. The molecule has 0 atom stereocenters. The van der Waals surface area contributed by atoms with Crippen molar-refractivity contribution in [1.29, 1.82) is 0 Å². The van der Waals surface area contributed by atoms with Crippen molar-refractivity contribution in [2.24, 2.45) is 0 Å². The molecule has 0 aliphatic rings. The van der Waals surface area contributed by atoms with Gasteiger partial charge in [-0.2, -0.15) is 0 Å². The molecule has 0 amide bonds. The Hall–Kier alpha value is -2.10. The molecule has 2 N–H and O–H groups in total. The molecule has 19 heavy (non-hydrogen) atoms. The molecule has 0 aliphatic heterocycles. The summed E-state index contributed by atoms with van der Waals surface area (Å²) in [5.74, 6) is 2.10. The molecule has 4 nitrogen and oxygen atoms in total. The standard InChI is InChI=1S/C15H19N3O/c1-4-11-5-6-13(19-3)12(8-11)9-15-17-10(2)7-14(16)18-15/h5-8H,4,9H2,1-3H3,(H2,16,17,18). The number of nitrogen functional groups attached to an aromatic ring is 1. The number of aromatic nitrogens is 2. The summed E-state index contributed by atoms with van der Waals surface area (Å²) < 4.78 is 5.39. The van der Waals surface area contributed by atoms with Gasteiger partial charge in [0, 0.05) is 23.7 Å². The third-order valence-corrected chi connectivity index (χ3v) is 3.02. The quantitative estimate of drug-likeness (QED) is 0.914. The second kappa shape index (κ2) is 5.69. The summed E-state index contributed by atoms with van der Waals surface area (Å²) in [5, 5.41) is 0. The van der Waals surface area contributed by atoms with E-state index in [2.05, 4.69) is 29.0 Å². The molecule has 1 heterocycles. The zero-order chi connectivity index (χ0) is 13.8. The lowest BCUT2D eigenvalue weighted by molar-refractivity contribution is 0.410. The van der Waals surface area contributed by atoms with Crippen LogP contribution in [-0.2, 0) is 12.8 Å². The van der Waals surface area contributed by atoms with Gasteiger partial charge in [0.05, 0.1) is 7.11 Å². The Balaban J connectivity index is 2.35. The van der Waals surface area contributed by atoms with Crippen LogP contribution in [-0.4, -0.2) is 17.1 Å². The maximum Gasteiger partial charge on any atom is 0.135 e. The molecule has 2 rings (SSSR count). The van der Waals surface area contributed by atoms with Crippen molar-refractivity contribution < 1.29 is 4.74 Å². The first kappa shape index (κ1) is 13.3. The Labute approximate surface area is 113 Å². The minimum Gasteiger partial charge on any atom is -0.496 e. The molecular weight excluding hydrogens is 238 g/mol. The van der Waals surface area contributed by atoms with Gasteiger partial charge in [0.15, 0.2) is 0 Å². The van der Waals surface area contributed by atoms with Gasteiger partial charge in [-0.1, -0.05) is 19.1 Å². The van der Waals surface area contributed by atoms with Crippen LogP contribution in [0.1, 0.15) is 29.6 Å². The van der Waals surface area contributed by atoms with E-state index in [0.717, 1.165) is 29.3 Å². The highest BCUT2D eigenvalue weighted by Gasteiger charge is 2.08. The SMILES string of the molecule is CCc1ccc(OC)c(Cc2nc(C)cc(N)n2)c1. The number of methoxy groups -OCH3 is 1. The van der Waals surface area contributed by atoms with Crippen molar-refractivity contribution in [2.45, 2.75) is 26.7 Å². The summed E-state index contributed by atoms with van der Waals surface area (Å²) in [5.41, 5.74) is 9.00. The van der Waals surface area contributed by atoms with Crippen molar-refractivity contribution in [3.05, 3.63) is 46.9 Å². The van der Waals surface area contributed by atoms with Gasteiger partial charge in [-0.25, -0.2) is 9.97 Å². The van der Waals surface area contributed by atoms with E-state index >= 15 is 0 Å². The molecule has 0 aliphatic carbocycles. The van der Waals surface area contributed by atoms with Gasteiger partial charge in [0.2, 0.25) is 0 Å². The van der Waals surface area contributed by atoms with Crippen LogP contribution >= 0.6 is 0 Å². The maximum atomic E-state index is 5.76. The minimum absolute atomic E-state index is 0.508. The van der Waals surface area contributed by atoms with Gasteiger partial charge in [-0.3, -0.25) is 0 Å². The van der Waals surface area contributed by atoms with Gasteiger partial charge in [-0.15, -0.1) is 0 Å². The first-order valence-electron chi connectivity index (χ1n) is 6.38. The van der Waals surface area contributed by atoms with E-state index in [1.54, 1.807) is 13.2 Å².